The molecule has 1 amide bonds. The molecule has 72 valence electrons. The quantitative estimate of drug-likeness (QED) is 0.557. The van der Waals surface area contributed by atoms with Gasteiger partial charge in [0, 0.05) is 24.3 Å². The van der Waals surface area contributed by atoms with Crippen LogP contribution in [-0.2, 0) is 4.79 Å². The Morgan fingerprint density at radius 1 is 1.58 bits per heavy atom. The molecular formula is C8H17NO2S. The maximum atomic E-state index is 11.0. The zero-order valence-electron chi connectivity index (χ0n) is 7.63. The topological polar surface area (TPSA) is 49.3 Å². The molecule has 0 spiro atoms. The molecule has 2 N–H and O–H groups in total. The summed E-state index contributed by atoms with van der Waals surface area (Å²) in [5.74, 6) is -0.0221. The smallest absolute Gasteiger partial charge is 0.220 e. The second-order valence-corrected chi connectivity index (χ2v) is 4.63. The van der Waals surface area contributed by atoms with E-state index in [2.05, 4.69) is 17.9 Å². The molecule has 0 aliphatic rings. The van der Waals surface area contributed by atoms with Gasteiger partial charge < -0.3 is 10.4 Å². The minimum absolute atomic E-state index is 0.0221. The summed E-state index contributed by atoms with van der Waals surface area (Å²) in [5.41, 5.74) is 0. The van der Waals surface area contributed by atoms with E-state index in [1.807, 2.05) is 13.8 Å². The van der Waals surface area contributed by atoms with E-state index in [4.69, 9.17) is 5.11 Å². The van der Waals surface area contributed by atoms with Crippen LogP contribution in [0, 0.1) is 0 Å². The maximum absolute atomic E-state index is 11.0. The number of hydrogen-bond donors (Lipinski definition) is 3. The molecular weight excluding hydrogens is 174 g/mol. The van der Waals surface area contributed by atoms with Gasteiger partial charge in [0.1, 0.15) is 0 Å². The van der Waals surface area contributed by atoms with E-state index in [1.165, 1.54) is 0 Å². The molecule has 0 fully saturated rings. The largest absolute Gasteiger partial charge is 0.396 e. The minimum atomic E-state index is -0.172. The van der Waals surface area contributed by atoms with Crippen LogP contribution < -0.4 is 5.32 Å². The number of hydrogen-bond acceptors (Lipinski definition) is 3. The Bertz CT molecular complexity index is 142. The summed E-state index contributed by atoms with van der Waals surface area (Å²) >= 11 is 4.26. The lowest BCUT2D eigenvalue weighted by Crippen LogP contribution is -2.34. The minimum Gasteiger partial charge on any atom is -0.396 e. The Morgan fingerprint density at radius 3 is 2.58 bits per heavy atom. The van der Waals surface area contributed by atoms with Gasteiger partial charge in [-0.1, -0.05) is 0 Å². The van der Waals surface area contributed by atoms with Crippen LogP contribution in [0.4, 0.5) is 0 Å². The third-order valence-corrected chi connectivity index (χ3v) is 1.44. The number of aliphatic hydroxyl groups is 1. The van der Waals surface area contributed by atoms with E-state index >= 15 is 0 Å². The van der Waals surface area contributed by atoms with Crippen LogP contribution in [0.1, 0.15) is 26.7 Å². The zero-order chi connectivity index (χ0) is 9.61. The number of carbonyl (C=O) groups excluding carboxylic acids is 1. The third kappa shape index (κ3) is 7.88. The maximum Gasteiger partial charge on any atom is 0.220 e. The summed E-state index contributed by atoms with van der Waals surface area (Å²) in [6.45, 7) is 4.49. The van der Waals surface area contributed by atoms with Gasteiger partial charge in [-0.15, -0.1) is 0 Å². The molecule has 3 nitrogen and oxygen atoms in total. The van der Waals surface area contributed by atoms with Crippen molar-refractivity contribution in [3.05, 3.63) is 0 Å². The molecule has 0 heterocycles. The average molecular weight is 191 g/mol. The van der Waals surface area contributed by atoms with Crippen molar-refractivity contribution >= 4 is 18.5 Å². The first-order valence-electron chi connectivity index (χ1n) is 4.05. The lowest BCUT2D eigenvalue weighted by molar-refractivity contribution is -0.121. The highest BCUT2D eigenvalue weighted by Crippen LogP contribution is 2.09. The molecule has 4 heteroatoms. The lowest BCUT2D eigenvalue weighted by Gasteiger charge is -2.17. The van der Waals surface area contributed by atoms with Gasteiger partial charge in [0.05, 0.1) is 0 Å². The van der Waals surface area contributed by atoms with Crippen LogP contribution in [0.5, 0.6) is 0 Å². The van der Waals surface area contributed by atoms with Crippen LogP contribution in [0.2, 0.25) is 0 Å². The van der Waals surface area contributed by atoms with Crippen molar-refractivity contribution in [3.8, 4) is 0 Å². The number of carbonyl (C=O) groups is 1. The standard InChI is InChI=1S/C8H17NO2S/c1-8(2,12)6-9-7(11)4-3-5-10/h10,12H,3-6H2,1-2H3,(H,9,11). The number of aliphatic hydroxyl groups excluding tert-OH is 1. The van der Waals surface area contributed by atoms with Gasteiger partial charge in [-0.3, -0.25) is 4.79 Å². The van der Waals surface area contributed by atoms with Gasteiger partial charge in [0.25, 0.3) is 0 Å². The molecule has 0 aromatic rings. The molecule has 0 aliphatic carbocycles. The summed E-state index contributed by atoms with van der Waals surface area (Å²) in [6, 6.07) is 0. The highest BCUT2D eigenvalue weighted by atomic mass is 32.1. The zero-order valence-corrected chi connectivity index (χ0v) is 8.53. The Labute approximate surface area is 79.0 Å². The van der Waals surface area contributed by atoms with Crippen molar-refractivity contribution in [1.82, 2.24) is 5.32 Å². The number of amides is 1. The molecule has 0 atom stereocenters. The molecule has 0 aromatic carbocycles. The predicted octanol–water partition coefficient (Wildman–Crippen LogP) is 0.583. The van der Waals surface area contributed by atoms with E-state index < -0.39 is 0 Å². The fourth-order valence-electron chi connectivity index (χ4n) is 0.643. The highest BCUT2D eigenvalue weighted by Gasteiger charge is 2.12. The molecule has 0 radical (unpaired) electrons. The third-order valence-electron chi connectivity index (χ3n) is 1.28. The molecule has 0 aliphatic heterocycles. The second-order valence-electron chi connectivity index (χ2n) is 3.42. The monoisotopic (exact) mass is 191 g/mol. The summed E-state index contributed by atoms with van der Waals surface area (Å²) in [7, 11) is 0. The van der Waals surface area contributed by atoms with Gasteiger partial charge in [-0.2, -0.15) is 12.6 Å². The first-order valence-corrected chi connectivity index (χ1v) is 4.50. The van der Waals surface area contributed by atoms with Crippen LogP contribution in [-0.4, -0.2) is 28.9 Å². The second kappa shape index (κ2) is 5.43. The Balaban J connectivity index is 3.44. The number of rotatable bonds is 5. The fourth-order valence-corrected chi connectivity index (χ4v) is 0.722. The molecule has 0 unspecified atom stereocenters. The summed E-state index contributed by atoms with van der Waals surface area (Å²) in [4.78, 5) is 11.0. The van der Waals surface area contributed by atoms with Crippen molar-refractivity contribution in [3.63, 3.8) is 0 Å². The van der Waals surface area contributed by atoms with Gasteiger partial charge in [-0.25, -0.2) is 0 Å². The number of thiol groups is 1. The van der Waals surface area contributed by atoms with Crippen LogP contribution in [0.3, 0.4) is 0 Å². The molecule has 0 saturated carbocycles. The first-order chi connectivity index (χ1) is 5.45. The van der Waals surface area contributed by atoms with Crippen molar-refractivity contribution in [2.45, 2.75) is 31.4 Å². The fraction of sp³-hybridized carbons (Fsp3) is 0.875. The van der Waals surface area contributed by atoms with Crippen molar-refractivity contribution in [1.29, 1.82) is 0 Å². The van der Waals surface area contributed by atoms with Crippen molar-refractivity contribution < 1.29 is 9.90 Å². The van der Waals surface area contributed by atoms with Crippen molar-refractivity contribution in [2.24, 2.45) is 0 Å². The average Bonchev–Trinajstić information content (AvgIpc) is 1.95. The van der Waals surface area contributed by atoms with E-state index in [9.17, 15) is 4.79 Å². The first kappa shape index (κ1) is 11.8. The van der Waals surface area contributed by atoms with Gasteiger partial charge in [0.2, 0.25) is 5.91 Å². The van der Waals surface area contributed by atoms with Crippen LogP contribution >= 0.6 is 12.6 Å². The Morgan fingerprint density at radius 2 is 2.17 bits per heavy atom. The van der Waals surface area contributed by atoms with Gasteiger partial charge in [-0.05, 0) is 20.3 Å². The summed E-state index contributed by atoms with van der Waals surface area (Å²) < 4.78 is -0.172. The molecule has 0 aromatic heterocycles. The van der Waals surface area contributed by atoms with Gasteiger partial charge >= 0.3 is 0 Å². The predicted molar refractivity (Wildman–Crippen MR) is 52.4 cm³/mol. The van der Waals surface area contributed by atoms with E-state index in [1.54, 1.807) is 0 Å². The van der Waals surface area contributed by atoms with E-state index in [0.29, 0.717) is 19.4 Å². The molecule has 0 rings (SSSR count). The van der Waals surface area contributed by atoms with Crippen molar-refractivity contribution in [2.75, 3.05) is 13.2 Å². The van der Waals surface area contributed by atoms with E-state index in [0.717, 1.165) is 0 Å². The van der Waals surface area contributed by atoms with E-state index in [-0.39, 0.29) is 17.3 Å². The van der Waals surface area contributed by atoms with Gasteiger partial charge in [0.15, 0.2) is 0 Å². The molecule has 12 heavy (non-hydrogen) atoms. The molecule has 0 bridgehead atoms. The Kier molecular flexibility index (Phi) is 5.33. The normalized spacial score (nSPS) is 11.3. The van der Waals surface area contributed by atoms with Crippen LogP contribution in [0.25, 0.3) is 0 Å². The number of nitrogens with one attached hydrogen (secondary N) is 1. The van der Waals surface area contributed by atoms with Crippen LogP contribution in [0.15, 0.2) is 0 Å². The Hall–Kier alpha value is -0.220. The summed E-state index contributed by atoms with van der Waals surface area (Å²) in [5, 5.41) is 11.2. The summed E-state index contributed by atoms with van der Waals surface area (Å²) in [6.07, 6.45) is 0.916. The highest BCUT2D eigenvalue weighted by molar-refractivity contribution is 7.81. The molecule has 0 saturated heterocycles. The SMILES string of the molecule is CC(C)(S)CNC(=O)CCCO. The lowest BCUT2D eigenvalue weighted by atomic mass is 10.2.